The maximum Gasteiger partial charge on any atom is 0.0746 e. The van der Waals surface area contributed by atoms with E-state index in [1.807, 2.05) is 36.4 Å². The van der Waals surface area contributed by atoms with E-state index in [1.165, 1.54) is 0 Å². The van der Waals surface area contributed by atoms with Crippen molar-refractivity contribution in [1.82, 2.24) is 9.97 Å². The van der Waals surface area contributed by atoms with Gasteiger partial charge in [0, 0.05) is 29.0 Å². The molecule has 0 fully saturated rings. The van der Waals surface area contributed by atoms with Crippen molar-refractivity contribution in [1.29, 1.82) is 0 Å². The van der Waals surface area contributed by atoms with Gasteiger partial charge in [-0.1, -0.05) is 24.3 Å². The normalized spacial score (nSPS) is 10.6. The summed E-state index contributed by atoms with van der Waals surface area (Å²) < 4.78 is 0. The minimum Gasteiger partial charge on any atom is -0.398 e. The number of fused-ring (bicyclic) bond motifs is 1. The molecule has 0 bridgehead atoms. The summed E-state index contributed by atoms with van der Waals surface area (Å²) in [6.07, 6.45) is 3.42. The first kappa shape index (κ1) is 9.78. The van der Waals surface area contributed by atoms with Gasteiger partial charge in [0.15, 0.2) is 0 Å². The molecule has 0 aliphatic carbocycles. The molecule has 2 N–H and O–H groups in total. The molecule has 0 saturated carbocycles. The van der Waals surface area contributed by atoms with Gasteiger partial charge in [-0.15, -0.1) is 0 Å². The highest BCUT2D eigenvalue weighted by molar-refractivity contribution is 5.83. The third kappa shape index (κ3) is 1.72. The molecule has 1 aromatic carbocycles. The number of anilines is 1. The maximum absolute atomic E-state index is 5.92. The molecule has 3 nitrogen and oxygen atoms in total. The fraction of sp³-hybridized carbons (Fsp3) is 0. The van der Waals surface area contributed by atoms with Gasteiger partial charge in [0.25, 0.3) is 0 Å². The molecule has 3 aromatic rings. The Balaban J connectivity index is 2.22. The first-order valence-electron chi connectivity index (χ1n) is 5.40. The topological polar surface area (TPSA) is 51.8 Å². The van der Waals surface area contributed by atoms with Gasteiger partial charge in [0.2, 0.25) is 0 Å². The first-order chi connectivity index (χ1) is 8.34. The summed E-state index contributed by atoms with van der Waals surface area (Å²) in [4.78, 5) is 8.67. The number of hydrogen-bond acceptors (Lipinski definition) is 3. The third-order valence-corrected chi connectivity index (χ3v) is 2.73. The van der Waals surface area contributed by atoms with Gasteiger partial charge in [-0.2, -0.15) is 0 Å². The molecule has 2 heterocycles. The van der Waals surface area contributed by atoms with Gasteiger partial charge in [-0.3, -0.25) is 4.98 Å². The quantitative estimate of drug-likeness (QED) is 0.687. The van der Waals surface area contributed by atoms with Crippen molar-refractivity contribution in [3.63, 3.8) is 0 Å². The Morgan fingerprint density at radius 3 is 2.71 bits per heavy atom. The molecule has 17 heavy (non-hydrogen) atoms. The third-order valence-electron chi connectivity index (χ3n) is 2.73. The van der Waals surface area contributed by atoms with Crippen LogP contribution in [0.1, 0.15) is 0 Å². The van der Waals surface area contributed by atoms with Crippen LogP contribution in [0.3, 0.4) is 0 Å². The molecule has 2 aromatic heterocycles. The van der Waals surface area contributed by atoms with Crippen molar-refractivity contribution < 1.29 is 0 Å². The molecule has 3 heteroatoms. The largest absolute Gasteiger partial charge is 0.398 e. The summed E-state index contributed by atoms with van der Waals surface area (Å²) in [6, 6.07) is 13.8. The Hall–Kier alpha value is -2.42. The second-order valence-corrected chi connectivity index (χ2v) is 3.85. The summed E-state index contributed by atoms with van der Waals surface area (Å²) in [6.45, 7) is 0. The van der Waals surface area contributed by atoms with E-state index in [0.717, 1.165) is 22.2 Å². The Kier molecular flexibility index (Phi) is 2.22. The molecule has 0 unspecified atom stereocenters. The Morgan fingerprint density at radius 2 is 1.82 bits per heavy atom. The summed E-state index contributed by atoms with van der Waals surface area (Å²) in [5, 5.41) is 1.12. The van der Waals surface area contributed by atoms with Crippen LogP contribution >= 0.6 is 0 Å². The zero-order valence-electron chi connectivity index (χ0n) is 9.17. The fourth-order valence-corrected chi connectivity index (χ4v) is 1.84. The van der Waals surface area contributed by atoms with Gasteiger partial charge in [0.05, 0.1) is 11.2 Å². The second kappa shape index (κ2) is 3.87. The van der Waals surface area contributed by atoms with E-state index in [2.05, 4.69) is 9.97 Å². The number of hydrogen-bond donors (Lipinski definition) is 1. The average Bonchev–Trinajstić information content (AvgIpc) is 2.39. The first-order valence-corrected chi connectivity index (χ1v) is 5.40. The molecule has 0 atom stereocenters. The maximum atomic E-state index is 5.92. The number of nitrogens with zero attached hydrogens (tertiary/aromatic N) is 2. The van der Waals surface area contributed by atoms with E-state index in [0.29, 0.717) is 5.69 Å². The number of nitrogen functional groups attached to an aromatic ring is 1. The number of para-hydroxylation sites is 1. The molecule has 3 rings (SSSR count). The Morgan fingerprint density at radius 1 is 0.941 bits per heavy atom. The van der Waals surface area contributed by atoms with Crippen LogP contribution in [0.4, 0.5) is 5.69 Å². The van der Waals surface area contributed by atoms with E-state index in [1.54, 1.807) is 18.5 Å². The van der Waals surface area contributed by atoms with Crippen molar-refractivity contribution in [2.45, 2.75) is 0 Å². The van der Waals surface area contributed by atoms with E-state index in [9.17, 15) is 0 Å². The van der Waals surface area contributed by atoms with Crippen LogP contribution in [0.2, 0.25) is 0 Å². The lowest BCUT2D eigenvalue weighted by Gasteiger charge is -2.05. The zero-order chi connectivity index (χ0) is 11.7. The van der Waals surface area contributed by atoms with Crippen LogP contribution in [0.5, 0.6) is 0 Å². The van der Waals surface area contributed by atoms with Gasteiger partial charge in [-0.25, -0.2) is 4.98 Å². The lowest BCUT2D eigenvalue weighted by atomic mass is 10.1. The molecule has 0 aliphatic rings. The molecular formula is C14H11N3. The van der Waals surface area contributed by atoms with Crippen molar-refractivity contribution >= 4 is 16.6 Å². The van der Waals surface area contributed by atoms with Crippen LogP contribution in [-0.2, 0) is 0 Å². The summed E-state index contributed by atoms with van der Waals surface area (Å²) in [5.74, 6) is 0. The van der Waals surface area contributed by atoms with Crippen molar-refractivity contribution in [2.24, 2.45) is 0 Å². The molecule has 82 valence electrons. The lowest BCUT2D eigenvalue weighted by Crippen LogP contribution is -1.92. The van der Waals surface area contributed by atoms with Gasteiger partial charge >= 0.3 is 0 Å². The van der Waals surface area contributed by atoms with Crippen molar-refractivity contribution in [3.8, 4) is 11.3 Å². The van der Waals surface area contributed by atoms with Crippen LogP contribution < -0.4 is 5.73 Å². The number of rotatable bonds is 1. The standard InChI is InChI=1S/C14H11N3/c15-12-7-8-16-9-11(12)14-6-5-10-3-1-2-4-13(10)17-14/h1-9H,(H2,15,16). The van der Waals surface area contributed by atoms with E-state index < -0.39 is 0 Å². The molecule has 0 radical (unpaired) electrons. The fourth-order valence-electron chi connectivity index (χ4n) is 1.84. The molecule has 0 aliphatic heterocycles. The van der Waals surface area contributed by atoms with Crippen molar-refractivity contribution in [3.05, 3.63) is 54.9 Å². The van der Waals surface area contributed by atoms with E-state index in [4.69, 9.17) is 5.73 Å². The zero-order valence-corrected chi connectivity index (χ0v) is 9.17. The van der Waals surface area contributed by atoms with Gasteiger partial charge in [0.1, 0.15) is 0 Å². The van der Waals surface area contributed by atoms with Crippen LogP contribution in [0.15, 0.2) is 54.9 Å². The molecule has 0 saturated heterocycles. The summed E-state index contributed by atoms with van der Waals surface area (Å²) in [5.41, 5.74) is 9.31. The smallest absolute Gasteiger partial charge is 0.0746 e. The van der Waals surface area contributed by atoms with Crippen LogP contribution in [-0.4, -0.2) is 9.97 Å². The molecular weight excluding hydrogens is 210 g/mol. The second-order valence-electron chi connectivity index (χ2n) is 3.85. The SMILES string of the molecule is Nc1ccncc1-c1ccc2ccccc2n1. The minimum absolute atomic E-state index is 0.697. The van der Waals surface area contributed by atoms with Crippen LogP contribution in [0, 0.1) is 0 Å². The van der Waals surface area contributed by atoms with Gasteiger partial charge in [-0.05, 0) is 18.2 Å². The van der Waals surface area contributed by atoms with Crippen molar-refractivity contribution in [2.75, 3.05) is 5.73 Å². The van der Waals surface area contributed by atoms with E-state index >= 15 is 0 Å². The predicted octanol–water partition coefficient (Wildman–Crippen LogP) is 2.88. The number of aromatic nitrogens is 2. The number of pyridine rings is 2. The Bertz CT molecular complexity index is 677. The summed E-state index contributed by atoms with van der Waals surface area (Å²) in [7, 11) is 0. The molecule has 0 spiro atoms. The number of benzene rings is 1. The highest BCUT2D eigenvalue weighted by atomic mass is 14.7. The average molecular weight is 221 g/mol. The summed E-state index contributed by atoms with van der Waals surface area (Å²) >= 11 is 0. The van der Waals surface area contributed by atoms with E-state index in [-0.39, 0.29) is 0 Å². The highest BCUT2D eigenvalue weighted by Crippen LogP contribution is 2.24. The Labute approximate surface area is 98.9 Å². The van der Waals surface area contributed by atoms with Crippen LogP contribution in [0.25, 0.3) is 22.2 Å². The molecule has 0 amide bonds. The highest BCUT2D eigenvalue weighted by Gasteiger charge is 2.04. The predicted molar refractivity (Wildman–Crippen MR) is 69.4 cm³/mol. The minimum atomic E-state index is 0.697. The van der Waals surface area contributed by atoms with Gasteiger partial charge < -0.3 is 5.73 Å². The monoisotopic (exact) mass is 221 g/mol. The lowest BCUT2D eigenvalue weighted by molar-refractivity contribution is 1.31. The number of nitrogens with two attached hydrogens (primary N) is 1.